The first kappa shape index (κ1) is 27.6. The molecule has 1 N–H and O–H groups in total. The molecule has 1 saturated heterocycles. The summed E-state index contributed by atoms with van der Waals surface area (Å²) in [4.78, 5) is 3.87. The van der Waals surface area contributed by atoms with Crippen LogP contribution in [0, 0.1) is 28.8 Å². The lowest BCUT2D eigenvalue weighted by Gasteiger charge is -2.37. The van der Waals surface area contributed by atoms with Crippen molar-refractivity contribution in [1.82, 2.24) is 14.8 Å². The zero-order valence-corrected chi connectivity index (χ0v) is 21.2. The first-order valence-electron chi connectivity index (χ1n) is 11.7. The molecule has 2 heterocycles. The molecule has 0 aliphatic carbocycles. The van der Waals surface area contributed by atoms with Crippen LogP contribution in [0.25, 0.3) is 6.08 Å². The highest BCUT2D eigenvalue weighted by molar-refractivity contribution is 8.00. The van der Waals surface area contributed by atoms with Crippen molar-refractivity contribution in [2.75, 3.05) is 13.2 Å². The molecule has 0 saturated carbocycles. The molecule has 2 atom stereocenters. The minimum Gasteiger partial charge on any atom is -0.382 e. The highest BCUT2D eigenvalue weighted by Crippen LogP contribution is 2.39. The van der Waals surface area contributed by atoms with E-state index in [0.717, 1.165) is 6.07 Å². The maximum atomic E-state index is 14.7. The van der Waals surface area contributed by atoms with Crippen LogP contribution in [0.4, 0.5) is 13.2 Å². The van der Waals surface area contributed by atoms with E-state index in [4.69, 9.17) is 14.7 Å². The number of allylic oxidation sites excluding steroid dienone is 2. The van der Waals surface area contributed by atoms with Crippen molar-refractivity contribution in [2.45, 2.75) is 35.9 Å². The molecular weight excluding hydrogens is 517 g/mol. The predicted octanol–water partition coefficient (Wildman–Crippen LogP) is 4.59. The lowest BCUT2D eigenvalue weighted by Crippen LogP contribution is -2.44. The second kappa shape index (κ2) is 12.4. The number of nitrogens with zero attached hydrogens (tertiary/aromatic N) is 4. The number of rotatable bonds is 9. The van der Waals surface area contributed by atoms with Gasteiger partial charge in [-0.15, -0.1) is 11.8 Å². The molecule has 2 aromatic carbocycles. The number of nitriles is 1. The van der Waals surface area contributed by atoms with E-state index in [1.807, 2.05) is 6.07 Å². The molecule has 0 bridgehead atoms. The third-order valence-electron chi connectivity index (χ3n) is 6.03. The predicted molar refractivity (Wildman–Crippen MR) is 136 cm³/mol. The third kappa shape index (κ3) is 6.52. The van der Waals surface area contributed by atoms with E-state index in [1.54, 1.807) is 31.2 Å². The van der Waals surface area contributed by atoms with Gasteiger partial charge in [0, 0.05) is 16.4 Å². The minimum atomic E-state index is -1.80. The summed E-state index contributed by atoms with van der Waals surface area (Å²) in [5, 5.41) is 23.7. The van der Waals surface area contributed by atoms with Gasteiger partial charge in [0.05, 0.1) is 36.6 Å². The van der Waals surface area contributed by atoms with Gasteiger partial charge in [-0.3, -0.25) is 0 Å². The number of hydrogen-bond acceptors (Lipinski definition) is 7. The molecule has 0 amide bonds. The molecule has 7 nitrogen and oxygen atoms in total. The Kier molecular flexibility index (Phi) is 9.01. The van der Waals surface area contributed by atoms with E-state index in [9.17, 15) is 18.3 Å². The van der Waals surface area contributed by atoms with E-state index in [0.29, 0.717) is 18.8 Å². The Balaban J connectivity index is 1.36. The van der Waals surface area contributed by atoms with Gasteiger partial charge in [0.25, 0.3) is 0 Å². The molecular formula is C27H25F3N4O3S. The molecule has 4 rings (SSSR count). The molecule has 3 aromatic rings. The Labute approximate surface area is 222 Å². The summed E-state index contributed by atoms with van der Waals surface area (Å²) < 4.78 is 55.6. The maximum absolute atomic E-state index is 14.7. The summed E-state index contributed by atoms with van der Waals surface area (Å²) in [6.45, 7) is 2.19. The number of ether oxygens (including phenoxy) is 2. The van der Waals surface area contributed by atoms with E-state index in [2.05, 4.69) is 10.1 Å². The Bertz CT molecular complexity index is 1340. The largest absolute Gasteiger partial charge is 0.382 e. The van der Waals surface area contributed by atoms with Crippen LogP contribution in [0.1, 0.15) is 23.6 Å². The number of halogens is 3. The van der Waals surface area contributed by atoms with Crippen molar-refractivity contribution in [2.24, 2.45) is 0 Å². The Morgan fingerprint density at radius 3 is 2.68 bits per heavy atom. The number of hydrogen-bond donors (Lipinski definition) is 1. The SMILES string of the molecule is CC(SC1COC(/C=C/C=C/c2ccc(C#N)cc2F)OC1)C(O)(Cn1cncn1)c1cccc(F)c1F. The van der Waals surface area contributed by atoms with Crippen LogP contribution in [0.5, 0.6) is 0 Å². The molecule has 11 heteroatoms. The van der Waals surface area contributed by atoms with E-state index in [-0.39, 0.29) is 22.9 Å². The second-order valence-electron chi connectivity index (χ2n) is 8.65. The van der Waals surface area contributed by atoms with Gasteiger partial charge in [0.2, 0.25) is 0 Å². The molecule has 1 aliphatic heterocycles. The maximum Gasteiger partial charge on any atom is 0.177 e. The zero-order valence-electron chi connectivity index (χ0n) is 20.4. The normalized spacial score (nSPS) is 20.4. The van der Waals surface area contributed by atoms with Gasteiger partial charge in [-0.2, -0.15) is 10.4 Å². The lowest BCUT2D eigenvalue weighted by atomic mass is 9.90. The van der Waals surface area contributed by atoms with Crippen LogP contribution < -0.4 is 0 Å². The fraction of sp³-hybridized carbons (Fsp3) is 0.296. The summed E-state index contributed by atoms with van der Waals surface area (Å²) in [5.74, 6) is -2.65. The molecule has 0 radical (unpaired) electrons. The smallest absolute Gasteiger partial charge is 0.177 e. The van der Waals surface area contributed by atoms with Crippen LogP contribution in [-0.2, 0) is 21.6 Å². The average molecular weight is 543 g/mol. The van der Waals surface area contributed by atoms with E-state index < -0.39 is 34.6 Å². The highest BCUT2D eigenvalue weighted by Gasteiger charge is 2.41. The van der Waals surface area contributed by atoms with Crippen molar-refractivity contribution in [3.8, 4) is 6.07 Å². The van der Waals surface area contributed by atoms with E-state index in [1.165, 1.54) is 59.4 Å². The van der Waals surface area contributed by atoms with Crippen molar-refractivity contribution in [3.05, 3.63) is 101 Å². The molecule has 1 fully saturated rings. The molecule has 0 spiro atoms. The van der Waals surface area contributed by atoms with Crippen LogP contribution in [-0.4, -0.2) is 49.9 Å². The fourth-order valence-corrected chi connectivity index (χ4v) is 5.29. The Morgan fingerprint density at radius 1 is 1.21 bits per heavy atom. The van der Waals surface area contributed by atoms with E-state index >= 15 is 0 Å². The molecule has 198 valence electrons. The Hall–Kier alpha value is -3.43. The summed E-state index contributed by atoms with van der Waals surface area (Å²) >= 11 is 1.34. The number of thioether (sulfide) groups is 1. The Morgan fingerprint density at radius 2 is 2.00 bits per heavy atom. The summed E-state index contributed by atoms with van der Waals surface area (Å²) in [7, 11) is 0. The van der Waals surface area contributed by atoms with Gasteiger partial charge in [0.1, 0.15) is 24.1 Å². The van der Waals surface area contributed by atoms with Crippen molar-refractivity contribution in [1.29, 1.82) is 5.26 Å². The van der Waals surface area contributed by atoms with Crippen molar-refractivity contribution in [3.63, 3.8) is 0 Å². The monoisotopic (exact) mass is 542 g/mol. The standard InChI is InChI=1S/C27H25F3N4O3S/c1-18(27(35,15-34-17-32-16-33-34)22-6-4-7-23(28)26(22)30)38-21-13-36-25(37-14-21)8-3-2-5-20-10-9-19(12-31)11-24(20)29/h2-11,16-18,21,25,35H,13-15H2,1H3/b5-2+,8-3+. The van der Waals surface area contributed by atoms with Crippen LogP contribution in [0.15, 0.2) is 67.3 Å². The van der Waals surface area contributed by atoms with Gasteiger partial charge >= 0.3 is 0 Å². The third-order valence-corrected chi connectivity index (χ3v) is 7.49. The zero-order chi connectivity index (χ0) is 27.1. The summed E-state index contributed by atoms with van der Waals surface area (Å²) in [5.41, 5.74) is -1.37. The van der Waals surface area contributed by atoms with Gasteiger partial charge in [-0.25, -0.2) is 22.8 Å². The molecule has 1 aliphatic rings. The van der Waals surface area contributed by atoms with Crippen LogP contribution >= 0.6 is 11.8 Å². The van der Waals surface area contributed by atoms with Gasteiger partial charge in [0.15, 0.2) is 17.9 Å². The first-order valence-corrected chi connectivity index (χ1v) is 12.7. The van der Waals surface area contributed by atoms with Crippen LogP contribution in [0.3, 0.4) is 0 Å². The topological polar surface area (TPSA) is 93.2 Å². The van der Waals surface area contributed by atoms with Gasteiger partial charge in [-0.05, 0) is 24.3 Å². The first-order chi connectivity index (χ1) is 18.3. The molecule has 2 unspecified atom stereocenters. The van der Waals surface area contributed by atoms with Gasteiger partial charge < -0.3 is 14.6 Å². The minimum absolute atomic E-state index is 0.131. The van der Waals surface area contributed by atoms with Gasteiger partial charge in [-0.1, -0.05) is 43.4 Å². The number of aliphatic hydroxyl groups is 1. The quantitative estimate of drug-likeness (QED) is 0.396. The van der Waals surface area contributed by atoms with Crippen LogP contribution in [0.2, 0.25) is 0 Å². The lowest BCUT2D eigenvalue weighted by molar-refractivity contribution is -0.146. The number of benzene rings is 2. The fourth-order valence-electron chi connectivity index (χ4n) is 3.97. The average Bonchev–Trinajstić information content (AvgIpc) is 3.42. The van der Waals surface area contributed by atoms with Crippen molar-refractivity contribution >= 4 is 17.8 Å². The molecule has 1 aromatic heterocycles. The van der Waals surface area contributed by atoms with Crippen molar-refractivity contribution < 1.29 is 27.8 Å². The number of aromatic nitrogens is 3. The molecule has 38 heavy (non-hydrogen) atoms. The summed E-state index contributed by atoms with van der Waals surface area (Å²) in [6.07, 6.45) is 8.62. The highest BCUT2D eigenvalue weighted by atomic mass is 32.2. The second-order valence-corrected chi connectivity index (χ2v) is 10.3. The summed E-state index contributed by atoms with van der Waals surface area (Å²) in [6, 6.07) is 9.83.